The molecule has 154 valence electrons. The van der Waals surface area contributed by atoms with Crippen LogP contribution < -0.4 is 0 Å². The van der Waals surface area contributed by atoms with Gasteiger partial charge < -0.3 is 0 Å². The Morgan fingerprint density at radius 2 is 1.37 bits per heavy atom. The fourth-order valence-electron chi connectivity index (χ4n) is 4.14. The Kier molecular flexibility index (Phi) is 6.33. The van der Waals surface area contributed by atoms with Gasteiger partial charge in [0.2, 0.25) is 0 Å². The minimum absolute atomic E-state index is 0.00108. The van der Waals surface area contributed by atoms with Crippen LogP contribution in [0.25, 0.3) is 0 Å². The first-order chi connectivity index (χ1) is 14.4. The minimum Gasteiger partial charge on any atom is -0.298 e. The number of thioether (sulfide) groups is 1. The van der Waals surface area contributed by atoms with E-state index in [0.717, 1.165) is 4.90 Å². The average molecular weight is 436 g/mol. The molecule has 3 aromatic carbocycles. The van der Waals surface area contributed by atoms with Gasteiger partial charge in [-0.1, -0.05) is 71.3 Å². The highest BCUT2D eigenvalue weighted by molar-refractivity contribution is 8.00. The van der Waals surface area contributed by atoms with Crippen molar-refractivity contribution in [1.29, 1.82) is 0 Å². The van der Waals surface area contributed by atoms with E-state index >= 15 is 0 Å². The first kappa shape index (κ1) is 21.2. The highest BCUT2D eigenvalue weighted by Crippen LogP contribution is 2.45. The van der Waals surface area contributed by atoms with Crippen molar-refractivity contribution in [2.24, 2.45) is 0 Å². The summed E-state index contributed by atoms with van der Waals surface area (Å²) in [5.74, 6) is 0.296. The van der Waals surface area contributed by atoms with Crippen LogP contribution in [0.4, 0.5) is 0 Å². The maximum Gasteiger partial charge on any atom is 0.150 e. The van der Waals surface area contributed by atoms with E-state index in [1.807, 2.05) is 24.3 Å². The Hall–Kier alpha value is -2.07. The van der Waals surface area contributed by atoms with Gasteiger partial charge in [0.15, 0.2) is 0 Å². The second kappa shape index (κ2) is 8.97. The van der Waals surface area contributed by atoms with Gasteiger partial charge in [-0.3, -0.25) is 9.69 Å². The molecule has 1 saturated heterocycles. The molecule has 4 rings (SSSR count). The van der Waals surface area contributed by atoms with Gasteiger partial charge >= 0.3 is 0 Å². The molecule has 3 aromatic rings. The summed E-state index contributed by atoms with van der Waals surface area (Å²) in [6.07, 6.45) is 0.521. The zero-order valence-electron chi connectivity index (χ0n) is 17.5. The largest absolute Gasteiger partial charge is 0.298 e. The summed E-state index contributed by atoms with van der Waals surface area (Å²) in [7, 11) is 2.15. The van der Waals surface area contributed by atoms with Crippen LogP contribution in [-0.4, -0.2) is 23.0 Å². The third-order valence-corrected chi connectivity index (χ3v) is 7.46. The van der Waals surface area contributed by atoms with E-state index in [4.69, 9.17) is 11.6 Å². The summed E-state index contributed by atoms with van der Waals surface area (Å²) in [5.41, 5.74) is 4.83. The number of piperidine rings is 1. The van der Waals surface area contributed by atoms with Gasteiger partial charge in [-0.25, -0.2) is 0 Å². The van der Waals surface area contributed by atoms with Crippen molar-refractivity contribution in [1.82, 2.24) is 4.90 Å². The van der Waals surface area contributed by atoms with Crippen LogP contribution in [0, 0.1) is 13.8 Å². The third kappa shape index (κ3) is 4.49. The highest BCUT2D eigenvalue weighted by atomic mass is 35.5. The first-order valence-corrected chi connectivity index (χ1v) is 11.5. The quantitative estimate of drug-likeness (QED) is 0.449. The van der Waals surface area contributed by atoms with Crippen molar-refractivity contribution < 1.29 is 4.79 Å². The lowest BCUT2D eigenvalue weighted by atomic mass is 9.86. The van der Waals surface area contributed by atoms with Gasteiger partial charge in [0, 0.05) is 22.4 Å². The molecule has 0 aromatic heterocycles. The number of halogens is 1. The third-order valence-electron chi connectivity index (χ3n) is 5.89. The number of hydrogen-bond donors (Lipinski definition) is 0. The zero-order valence-corrected chi connectivity index (χ0v) is 19.1. The number of benzene rings is 3. The number of hydrogen-bond acceptors (Lipinski definition) is 3. The van der Waals surface area contributed by atoms with Crippen LogP contribution in [0.2, 0.25) is 5.02 Å². The standard InChI is InChI=1S/C26H26ClNOS/c1-17-4-8-19(9-5-17)23-16-24(29)26(30-22-14-12-21(27)13-15-22)25(28(23)3)20-10-6-18(2)7-11-20/h4-15,23,25-26H,16H2,1-3H3. The molecule has 0 amide bonds. The lowest BCUT2D eigenvalue weighted by molar-refractivity contribution is -0.124. The molecule has 4 heteroatoms. The van der Waals surface area contributed by atoms with Gasteiger partial charge in [-0.15, -0.1) is 11.8 Å². The molecule has 0 radical (unpaired) electrons. The molecule has 1 heterocycles. The Bertz CT molecular complexity index is 1010. The summed E-state index contributed by atoms with van der Waals surface area (Å²) in [5, 5.41) is 0.543. The van der Waals surface area contributed by atoms with Crippen molar-refractivity contribution in [3.05, 3.63) is 100 Å². The van der Waals surface area contributed by atoms with Crippen LogP contribution in [0.1, 0.15) is 40.8 Å². The predicted molar refractivity (Wildman–Crippen MR) is 126 cm³/mol. The maximum atomic E-state index is 13.4. The Balaban J connectivity index is 1.71. The molecule has 1 fully saturated rings. The molecule has 1 aliphatic rings. The number of aryl methyl sites for hydroxylation is 2. The van der Waals surface area contributed by atoms with E-state index in [2.05, 4.69) is 74.3 Å². The van der Waals surface area contributed by atoms with Crippen molar-refractivity contribution in [3.8, 4) is 0 Å². The average Bonchev–Trinajstić information content (AvgIpc) is 2.74. The first-order valence-electron chi connectivity index (χ1n) is 10.2. The van der Waals surface area contributed by atoms with E-state index < -0.39 is 0 Å². The fraction of sp³-hybridized carbons (Fsp3) is 0.269. The highest BCUT2D eigenvalue weighted by Gasteiger charge is 2.42. The number of carbonyl (C=O) groups excluding carboxylic acids is 1. The van der Waals surface area contributed by atoms with Crippen molar-refractivity contribution in [2.45, 2.75) is 42.5 Å². The van der Waals surface area contributed by atoms with Crippen LogP contribution >= 0.6 is 23.4 Å². The van der Waals surface area contributed by atoms with E-state index in [0.29, 0.717) is 17.2 Å². The molecule has 0 bridgehead atoms. The van der Waals surface area contributed by atoms with Crippen LogP contribution in [0.15, 0.2) is 77.7 Å². The summed E-state index contributed by atoms with van der Waals surface area (Å²) in [6.45, 7) is 4.18. The van der Waals surface area contributed by atoms with Gasteiger partial charge in [0.25, 0.3) is 0 Å². The summed E-state index contributed by atoms with van der Waals surface area (Å²) >= 11 is 7.70. The molecule has 30 heavy (non-hydrogen) atoms. The molecular weight excluding hydrogens is 410 g/mol. The van der Waals surface area contributed by atoms with Crippen LogP contribution in [-0.2, 0) is 4.79 Å². The summed E-state index contributed by atoms with van der Waals surface area (Å²) < 4.78 is 0. The lowest BCUT2D eigenvalue weighted by Gasteiger charge is -2.44. The van der Waals surface area contributed by atoms with E-state index in [1.54, 1.807) is 11.8 Å². The fourth-order valence-corrected chi connectivity index (χ4v) is 5.56. The monoisotopic (exact) mass is 435 g/mol. The molecule has 0 aliphatic carbocycles. The van der Waals surface area contributed by atoms with Crippen molar-refractivity contribution >= 4 is 29.1 Å². The number of carbonyl (C=O) groups is 1. The van der Waals surface area contributed by atoms with Crippen molar-refractivity contribution in [3.63, 3.8) is 0 Å². The Morgan fingerprint density at radius 3 is 1.93 bits per heavy atom. The number of nitrogens with zero attached hydrogens (tertiary/aromatic N) is 1. The lowest BCUT2D eigenvalue weighted by Crippen LogP contribution is -2.45. The Morgan fingerprint density at radius 1 is 0.833 bits per heavy atom. The molecule has 1 aliphatic heterocycles. The molecule has 2 nitrogen and oxygen atoms in total. The number of likely N-dealkylation sites (tertiary alicyclic amines) is 1. The van der Waals surface area contributed by atoms with E-state index in [9.17, 15) is 4.79 Å². The smallest absolute Gasteiger partial charge is 0.150 e. The number of Topliss-reactive ketones (excluding diaryl/α,β-unsaturated/α-hetero) is 1. The predicted octanol–water partition coefficient (Wildman–Crippen LogP) is 6.80. The molecule has 3 atom stereocenters. The number of ketones is 1. The minimum atomic E-state index is -0.166. The molecular formula is C26H26ClNOS. The normalized spacial score (nSPS) is 22.3. The van der Waals surface area contributed by atoms with Crippen molar-refractivity contribution in [2.75, 3.05) is 7.05 Å². The Labute approximate surface area is 188 Å². The van der Waals surface area contributed by atoms with E-state index in [1.165, 1.54) is 22.3 Å². The topological polar surface area (TPSA) is 20.3 Å². The SMILES string of the molecule is Cc1ccc(C2CC(=O)C(Sc3ccc(Cl)cc3)C(c3ccc(C)cc3)N2C)cc1. The number of rotatable bonds is 4. The zero-order chi connectivity index (χ0) is 21.3. The van der Waals surface area contributed by atoms with Gasteiger partial charge in [-0.05, 0) is 56.3 Å². The molecule has 0 spiro atoms. The van der Waals surface area contributed by atoms with E-state index in [-0.39, 0.29) is 17.3 Å². The summed E-state index contributed by atoms with van der Waals surface area (Å²) in [4.78, 5) is 16.9. The molecule has 0 saturated carbocycles. The maximum absolute atomic E-state index is 13.4. The van der Waals surface area contributed by atoms with Crippen LogP contribution in [0.3, 0.4) is 0 Å². The summed E-state index contributed by atoms with van der Waals surface area (Å²) in [6, 6.07) is 25.0. The van der Waals surface area contributed by atoms with Gasteiger partial charge in [-0.2, -0.15) is 0 Å². The second-order valence-electron chi connectivity index (χ2n) is 8.11. The second-order valence-corrected chi connectivity index (χ2v) is 9.76. The molecule has 3 unspecified atom stereocenters. The van der Waals surface area contributed by atoms with Gasteiger partial charge in [0.1, 0.15) is 5.78 Å². The molecule has 0 N–H and O–H groups in total. The van der Waals surface area contributed by atoms with Gasteiger partial charge in [0.05, 0.1) is 11.3 Å². The van der Waals surface area contributed by atoms with Crippen LogP contribution in [0.5, 0.6) is 0 Å².